The van der Waals surface area contributed by atoms with Gasteiger partial charge in [0.1, 0.15) is 0 Å². The number of nitrogens with one attached hydrogen (secondary N) is 1. The molecule has 0 spiro atoms. The zero-order chi connectivity index (χ0) is 31.9. The minimum absolute atomic E-state index is 0.0112. The fourth-order valence-corrected chi connectivity index (χ4v) is 14.3. The van der Waals surface area contributed by atoms with E-state index in [1.54, 1.807) is 4.31 Å². The van der Waals surface area contributed by atoms with Gasteiger partial charge >= 0.3 is 0 Å². The molecule has 6 nitrogen and oxygen atoms in total. The summed E-state index contributed by atoms with van der Waals surface area (Å²) >= 11 is 0. The molecule has 0 amide bonds. The van der Waals surface area contributed by atoms with Crippen molar-refractivity contribution >= 4 is 10.0 Å². The second-order valence-corrected chi connectivity index (χ2v) is 20.1. The van der Waals surface area contributed by atoms with Gasteiger partial charge in [0.25, 0.3) is 0 Å². The predicted octanol–water partition coefficient (Wildman–Crippen LogP) is 6.17. The molecule has 44 heavy (non-hydrogen) atoms. The lowest BCUT2D eigenvalue weighted by Crippen LogP contribution is -2.67. The fourth-order valence-electron chi connectivity index (χ4n) is 13.4. The van der Waals surface area contributed by atoms with Crippen molar-refractivity contribution in [3.05, 3.63) is 12.2 Å². The Morgan fingerprint density at radius 1 is 0.864 bits per heavy atom. The summed E-state index contributed by atoms with van der Waals surface area (Å²) in [5, 5.41) is 15.0. The molecule has 0 bridgehead atoms. The Hall–Kier alpha value is -0.470. The number of aliphatic hydroxyl groups is 1. The Bertz CT molecular complexity index is 1210. The summed E-state index contributed by atoms with van der Waals surface area (Å²) in [5.74, 6) is 3.49. The van der Waals surface area contributed by atoms with Crippen molar-refractivity contribution < 1.29 is 13.5 Å². The summed E-state index contributed by atoms with van der Waals surface area (Å²) < 4.78 is 25.5. The van der Waals surface area contributed by atoms with Gasteiger partial charge in [-0.25, -0.2) is 8.42 Å². The van der Waals surface area contributed by atoms with Crippen LogP contribution >= 0.6 is 0 Å². The highest BCUT2D eigenvalue weighted by atomic mass is 32.2. The molecule has 5 aliphatic carbocycles. The summed E-state index contributed by atoms with van der Waals surface area (Å²) in [7, 11) is -3.08. The predicted molar refractivity (Wildman–Crippen MR) is 181 cm³/mol. The SMILES string of the molecule is C=C(C)[C@@H]1CC[C@]2(CNCCN3CCN(S(C)(=O)=O)CC3)CC[C@]3(C)[C@H](CC[C@@H]4[C@@]5(C)CC[C@H](O)C(C)(C)[C@@H]5CC[C@]43C)[C@@H]12. The van der Waals surface area contributed by atoms with Crippen LogP contribution in [0.4, 0.5) is 0 Å². The number of fused-ring (bicyclic) bond motifs is 7. The number of nitrogens with zero attached hydrogens (tertiary/aromatic N) is 2. The number of hydrogen-bond donors (Lipinski definition) is 2. The number of hydrogen-bond acceptors (Lipinski definition) is 5. The Morgan fingerprint density at radius 2 is 1.57 bits per heavy atom. The molecule has 0 aromatic heterocycles. The van der Waals surface area contributed by atoms with Gasteiger partial charge in [-0.15, -0.1) is 0 Å². The Labute approximate surface area is 270 Å². The van der Waals surface area contributed by atoms with Crippen LogP contribution < -0.4 is 5.32 Å². The van der Waals surface area contributed by atoms with Crippen molar-refractivity contribution in [3.8, 4) is 0 Å². The maximum atomic E-state index is 11.9. The van der Waals surface area contributed by atoms with Crippen LogP contribution in [0.5, 0.6) is 0 Å². The minimum atomic E-state index is -3.08. The fraction of sp³-hybridized carbons (Fsp3) is 0.946. The zero-order valence-corrected chi connectivity index (χ0v) is 30.1. The van der Waals surface area contributed by atoms with Crippen LogP contribution in [-0.4, -0.2) is 80.9 Å². The lowest BCUT2D eigenvalue weighted by Gasteiger charge is -2.73. The first-order valence-corrected chi connectivity index (χ1v) is 20.1. The third-order valence-corrected chi connectivity index (χ3v) is 17.4. The van der Waals surface area contributed by atoms with E-state index in [9.17, 15) is 13.5 Å². The number of rotatable bonds is 7. The van der Waals surface area contributed by atoms with Crippen LogP contribution in [0.2, 0.25) is 0 Å². The molecule has 0 aromatic rings. The van der Waals surface area contributed by atoms with Crippen LogP contribution in [0, 0.1) is 56.7 Å². The standard InChI is InChI=1S/C37H65N3O3S/c1-26(2)27-11-16-37(25-38-19-20-39-21-23-40(24-22-39)44(8,42)43)18-17-35(6)28(32(27)37)9-10-30-34(5)14-13-31(41)33(3,4)29(34)12-15-36(30,35)7/h27-32,38,41H,1,9-25H2,2-8H3/t27-,28+,29-,30+,31-,32+,34-,35+,36+,37+/m0/s1. The monoisotopic (exact) mass is 631 g/mol. The molecule has 7 heteroatoms. The number of sulfonamides is 1. The number of aliphatic hydroxyl groups excluding tert-OH is 1. The van der Waals surface area contributed by atoms with E-state index in [1.165, 1.54) is 69.6 Å². The summed E-state index contributed by atoms with van der Waals surface area (Å²) in [6.07, 6.45) is 14.0. The molecule has 1 saturated heterocycles. The van der Waals surface area contributed by atoms with Crippen molar-refractivity contribution in [2.45, 2.75) is 112 Å². The molecular weight excluding hydrogens is 566 g/mol. The van der Waals surface area contributed by atoms with Crippen molar-refractivity contribution in [1.29, 1.82) is 0 Å². The van der Waals surface area contributed by atoms with Gasteiger partial charge < -0.3 is 10.4 Å². The van der Waals surface area contributed by atoms with Gasteiger partial charge in [0, 0.05) is 45.8 Å². The van der Waals surface area contributed by atoms with E-state index in [0.29, 0.717) is 46.6 Å². The maximum Gasteiger partial charge on any atom is 0.211 e. The Morgan fingerprint density at radius 3 is 2.23 bits per heavy atom. The molecule has 2 N–H and O–H groups in total. The molecule has 0 aromatic carbocycles. The Balaban J connectivity index is 1.18. The highest BCUT2D eigenvalue weighted by Crippen LogP contribution is 2.77. The third kappa shape index (κ3) is 5.02. The van der Waals surface area contributed by atoms with E-state index in [1.807, 2.05) is 0 Å². The van der Waals surface area contributed by atoms with E-state index in [2.05, 4.69) is 58.3 Å². The topological polar surface area (TPSA) is 72.9 Å². The lowest BCUT2D eigenvalue weighted by atomic mass is 9.32. The van der Waals surface area contributed by atoms with E-state index in [0.717, 1.165) is 56.9 Å². The van der Waals surface area contributed by atoms with Crippen LogP contribution in [0.3, 0.4) is 0 Å². The summed E-state index contributed by atoms with van der Waals surface area (Å²) in [4.78, 5) is 2.43. The van der Waals surface area contributed by atoms with E-state index < -0.39 is 10.0 Å². The molecule has 0 radical (unpaired) electrons. The van der Waals surface area contributed by atoms with Gasteiger partial charge in [0.15, 0.2) is 0 Å². The summed E-state index contributed by atoms with van der Waals surface area (Å²) in [5.41, 5.74) is 2.83. The largest absolute Gasteiger partial charge is 0.393 e. The van der Waals surface area contributed by atoms with Crippen LogP contribution in [0.15, 0.2) is 12.2 Å². The third-order valence-electron chi connectivity index (χ3n) is 16.1. The molecule has 0 unspecified atom stereocenters. The molecular formula is C37H65N3O3S. The first kappa shape index (κ1) is 33.4. The molecule has 5 saturated carbocycles. The second-order valence-electron chi connectivity index (χ2n) is 18.1. The number of allylic oxidation sites excluding steroid dienone is 1. The van der Waals surface area contributed by atoms with Crippen molar-refractivity contribution in [2.24, 2.45) is 56.7 Å². The van der Waals surface area contributed by atoms with Gasteiger partial charge in [-0.3, -0.25) is 4.90 Å². The highest BCUT2D eigenvalue weighted by molar-refractivity contribution is 7.88. The average molecular weight is 632 g/mol. The zero-order valence-electron chi connectivity index (χ0n) is 29.3. The molecule has 252 valence electrons. The molecule has 1 aliphatic heterocycles. The van der Waals surface area contributed by atoms with E-state index in [4.69, 9.17) is 0 Å². The van der Waals surface area contributed by atoms with Gasteiger partial charge in [-0.2, -0.15) is 4.31 Å². The first-order chi connectivity index (χ1) is 20.5. The molecule has 6 fully saturated rings. The molecule has 6 rings (SSSR count). The smallest absolute Gasteiger partial charge is 0.211 e. The maximum absolute atomic E-state index is 11.9. The van der Waals surface area contributed by atoms with Gasteiger partial charge in [-0.1, -0.05) is 46.8 Å². The van der Waals surface area contributed by atoms with Gasteiger partial charge in [0.2, 0.25) is 10.0 Å². The summed E-state index contributed by atoms with van der Waals surface area (Å²) in [6, 6.07) is 0. The van der Waals surface area contributed by atoms with Crippen LogP contribution in [0.1, 0.15) is 106 Å². The average Bonchev–Trinajstić information content (AvgIpc) is 3.34. The minimum Gasteiger partial charge on any atom is -0.393 e. The molecule has 6 aliphatic rings. The van der Waals surface area contributed by atoms with Crippen LogP contribution in [-0.2, 0) is 10.0 Å². The van der Waals surface area contributed by atoms with Gasteiger partial charge in [-0.05, 0) is 128 Å². The van der Waals surface area contributed by atoms with Crippen molar-refractivity contribution in [2.75, 3.05) is 52.1 Å². The van der Waals surface area contributed by atoms with Crippen molar-refractivity contribution in [1.82, 2.24) is 14.5 Å². The summed E-state index contributed by atoms with van der Waals surface area (Å²) in [6.45, 7) is 25.7. The van der Waals surface area contributed by atoms with Crippen molar-refractivity contribution in [3.63, 3.8) is 0 Å². The van der Waals surface area contributed by atoms with Crippen LogP contribution in [0.25, 0.3) is 0 Å². The second kappa shape index (κ2) is 11.3. The van der Waals surface area contributed by atoms with E-state index >= 15 is 0 Å². The lowest BCUT2D eigenvalue weighted by molar-refractivity contribution is -0.247. The highest BCUT2D eigenvalue weighted by Gasteiger charge is 2.70. The first-order valence-electron chi connectivity index (χ1n) is 18.2. The molecule has 10 atom stereocenters. The normalized spacial score (nSPS) is 47.7. The quantitative estimate of drug-likeness (QED) is 0.260. The Kier molecular flexibility index (Phi) is 8.59. The van der Waals surface area contributed by atoms with E-state index in [-0.39, 0.29) is 11.5 Å². The van der Waals surface area contributed by atoms with Gasteiger partial charge in [0.05, 0.1) is 12.4 Å². The number of piperazine rings is 1. The molecule has 1 heterocycles.